The van der Waals surface area contributed by atoms with Crippen molar-refractivity contribution in [1.29, 1.82) is 0 Å². The maximum atomic E-state index is 6.29. The quantitative estimate of drug-likeness (QED) is 0.657. The lowest BCUT2D eigenvalue weighted by atomic mass is 11.3. The topological polar surface area (TPSA) is 27.7 Å². The van der Waals surface area contributed by atoms with Gasteiger partial charge in [-0.25, -0.2) is 0 Å². The second-order valence-corrected chi connectivity index (χ2v) is 22.9. The van der Waals surface area contributed by atoms with E-state index in [4.69, 9.17) is 12.3 Å². The van der Waals surface area contributed by atoms with Crippen LogP contribution in [0.5, 0.6) is 0 Å². The van der Waals surface area contributed by atoms with E-state index < -0.39 is 33.8 Å². The van der Waals surface area contributed by atoms with E-state index in [9.17, 15) is 0 Å². The van der Waals surface area contributed by atoms with Crippen molar-refractivity contribution >= 4 is 33.8 Å². The molecule has 0 radical (unpaired) electrons. The zero-order valence-electron chi connectivity index (χ0n) is 13.5. The maximum absolute atomic E-state index is 6.29. The maximum Gasteiger partial charge on any atom is 0.312 e. The van der Waals surface area contributed by atoms with Crippen LogP contribution in [-0.4, -0.2) is 33.8 Å². The molecule has 0 bridgehead atoms. The summed E-state index contributed by atoms with van der Waals surface area (Å²) < 4.78 is 18.7. The molecule has 0 atom stereocenters. The van der Waals surface area contributed by atoms with Gasteiger partial charge in [0, 0.05) is 0 Å². The molecule has 0 fully saturated rings. The zero-order valence-corrected chi connectivity index (χ0v) is 17.5. The van der Waals surface area contributed by atoms with Crippen LogP contribution in [0.4, 0.5) is 0 Å². The van der Waals surface area contributed by atoms with Gasteiger partial charge in [0.1, 0.15) is 0 Å². The number of rotatable bonds is 7. The van der Waals surface area contributed by atoms with Crippen molar-refractivity contribution in [1.82, 2.24) is 0 Å². The van der Waals surface area contributed by atoms with Crippen molar-refractivity contribution < 1.29 is 12.3 Å². The Kier molecular flexibility index (Phi) is 6.02. The molecule has 0 aliphatic heterocycles. The first-order valence-electron chi connectivity index (χ1n) is 6.42. The van der Waals surface area contributed by atoms with Crippen molar-refractivity contribution in [2.24, 2.45) is 0 Å². The number of hydrogen-bond acceptors (Lipinski definition) is 3. The van der Waals surface area contributed by atoms with Crippen molar-refractivity contribution in [3.63, 3.8) is 0 Å². The SMILES string of the molecule is C=C[Si](C)(C)O[Si](C)(C)O[Si](C)(C)O[Si](C)(C)C. The van der Waals surface area contributed by atoms with Crippen LogP contribution in [-0.2, 0) is 12.3 Å². The summed E-state index contributed by atoms with van der Waals surface area (Å²) in [6, 6.07) is 0. The Bertz CT molecular complexity index is 295. The van der Waals surface area contributed by atoms with Gasteiger partial charge in [0.2, 0.25) is 0 Å². The fraction of sp³-hybridized carbons (Fsp3) is 0.818. The van der Waals surface area contributed by atoms with E-state index in [0.29, 0.717) is 0 Å². The molecular weight excluding hydrogens is 292 g/mol. The van der Waals surface area contributed by atoms with E-state index in [-0.39, 0.29) is 0 Å². The Balaban J connectivity index is 4.70. The Morgan fingerprint density at radius 2 is 1.06 bits per heavy atom. The standard InChI is InChI=1S/C11H30O3Si4/c1-11-16(5,6)13-18(9,10)14-17(7,8)12-15(2,3)4/h11H,1H2,2-10H3. The third-order valence-electron chi connectivity index (χ3n) is 2.04. The molecular formula is C11H30O3Si4. The summed E-state index contributed by atoms with van der Waals surface area (Å²) in [6.07, 6.45) is 0. The average molecular weight is 323 g/mol. The molecule has 0 aromatic rings. The first-order valence-corrected chi connectivity index (χ1v) is 18.4. The molecule has 0 aromatic heterocycles. The Hall–Kier alpha value is 0.488. The molecule has 7 heteroatoms. The molecule has 0 N–H and O–H groups in total. The summed E-state index contributed by atoms with van der Waals surface area (Å²) >= 11 is 0. The highest BCUT2D eigenvalue weighted by Crippen LogP contribution is 2.23. The minimum atomic E-state index is -2.15. The van der Waals surface area contributed by atoms with Gasteiger partial charge in [-0.05, 0) is 58.9 Å². The van der Waals surface area contributed by atoms with E-state index in [0.717, 1.165) is 0 Å². The molecule has 0 rings (SSSR count). The van der Waals surface area contributed by atoms with E-state index in [1.165, 1.54) is 0 Å². The third kappa shape index (κ3) is 8.57. The minimum Gasteiger partial charge on any atom is -0.437 e. The average Bonchev–Trinajstić information content (AvgIpc) is 1.93. The van der Waals surface area contributed by atoms with Gasteiger partial charge in [-0.1, -0.05) is 5.70 Å². The highest BCUT2D eigenvalue weighted by atomic mass is 28.5. The summed E-state index contributed by atoms with van der Waals surface area (Å²) in [5.41, 5.74) is 1.96. The predicted molar refractivity (Wildman–Crippen MR) is 89.2 cm³/mol. The molecule has 0 aliphatic carbocycles. The van der Waals surface area contributed by atoms with Crippen LogP contribution in [0.15, 0.2) is 12.3 Å². The molecule has 0 heterocycles. The number of hydrogen-bond donors (Lipinski definition) is 0. The van der Waals surface area contributed by atoms with Gasteiger partial charge >= 0.3 is 17.1 Å². The lowest BCUT2D eigenvalue weighted by molar-refractivity contribution is 0.332. The van der Waals surface area contributed by atoms with E-state index in [1.54, 1.807) is 0 Å². The summed E-state index contributed by atoms with van der Waals surface area (Å²) in [5.74, 6) is 0. The lowest BCUT2D eigenvalue weighted by Gasteiger charge is -2.39. The van der Waals surface area contributed by atoms with Gasteiger partial charge < -0.3 is 12.3 Å². The van der Waals surface area contributed by atoms with Gasteiger partial charge in [-0.2, -0.15) is 0 Å². The normalized spacial score (nSPS) is 14.7. The minimum absolute atomic E-state index is 1.56. The van der Waals surface area contributed by atoms with Crippen LogP contribution in [0.2, 0.25) is 58.9 Å². The fourth-order valence-electron chi connectivity index (χ4n) is 2.05. The van der Waals surface area contributed by atoms with Gasteiger partial charge in [-0.3, -0.25) is 0 Å². The van der Waals surface area contributed by atoms with Crippen LogP contribution in [0.3, 0.4) is 0 Å². The highest BCUT2D eigenvalue weighted by molar-refractivity contribution is 6.90. The molecule has 3 nitrogen and oxygen atoms in total. The van der Waals surface area contributed by atoms with Crippen LogP contribution < -0.4 is 0 Å². The summed E-state index contributed by atoms with van der Waals surface area (Å²) in [5, 5.41) is 0. The lowest BCUT2D eigenvalue weighted by Crippen LogP contribution is -2.55. The molecule has 0 unspecified atom stereocenters. The smallest absolute Gasteiger partial charge is 0.312 e. The van der Waals surface area contributed by atoms with Crippen molar-refractivity contribution in [3.05, 3.63) is 12.3 Å². The molecule has 0 saturated carbocycles. The zero-order chi connectivity index (χ0) is 14.8. The van der Waals surface area contributed by atoms with Crippen molar-refractivity contribution in [3.8, 4) is 0 Å². The third-order valence-corrected chi connectivity index (χ3v) is 15.4. The molecule has 18 heavy (non-hydrogen) atoms. The van der Waals surface area contributed by atoms with Crippen LogP contribution >= 0.6 is 0 Å². The first kappa shape index (κ1) is 18.5. The second-order valence-electron chi connectivity index (χ2n) is 7.03. The predicted octanol–water partition coefficient (Wildman–Crippen LogP) is 4.21. The summed E-state index contributed by atoms with van der Waals surface area (Å²) in [4.78, 5) is 0. The van der Waals surface area contributed by atoms with Crippen molar-refractivity contribution in [2.75, 3.05) is 0 Å². The molecule has 0 amide bonds. The largest absolute Gasteiger partial charge is 0.437 e. The van der Waals surface area contributed by atoms with E-state index in [1.807, 2.05) is 5.70 Å². The van der Waals surface area contributed by atoms with Gasteiger partial charge in [0.25, 0.3) is 0 Å². The molecule has 0 aliphatic rings. The Morgan fingerprint density at radius 1 is 0.667 bits per heavy atom. The monoisotopic (exact) mass is 322 g/mol. The van der Waals surface area contributed by atoms with Crippen LogP contribution in [0.1, 0.15) is 0 Å². The summed E-state index contributed by atoms with van der Waals surface area (Å²) in [7, 11) is -7.60. The van der Waals surface area contributed by atoms with E-state index >= 15 is 0 Å². The summed E-state index contributed by atoms with van der Waals surface area (Å²) in [6.45, 7) is 23.2. The van der Waals surface area contributed by atoms with Gasteiger partial charge in [0.15, 0.2) is 16.6 Å². The van der Waals surface area contributed by atoms with Gasteiger partial charge in [-0.15, -0.1) is 6.58 Å². The first-order chi connectivity index (χ1) is 7.68. The Morgan fingerprint density at radius 3 is 1.39 bits per heavy atom. The molecule has 0 saturated heterocycles. The fourth-order valence-corrected chi connectivity index (χ4v) is 19.2. The van der Waals surface area contributed by atoms with Crippen molar-refractivity contribution in [2.45, 2.75) is 58.9 Å². The Labute approximate surface area is 117 Å². The van der Waals surface area contributed by atoms with Gasteiger partial charge in [0.05, 0.1) is 0 Å². The van der Waals surface area contributed by atoms with E-state index in [2.05, 4.69) is 65.5 Å². The molecule has 108 valence electrons. The molecule has 0 aromatic carbocycles. The highest BCUT2D eigenvalue weighted by Gasteiger charge is 2.41. The molecule has 0 spiro atoms. The van der Waals surface area contributed by atoms with Crippen LogP contribution in [0.25, 0.3) is 0 Å². The van der Waals surface area contributed by atoms with Crippen LogP contribution in [0, 0.1) is 0 Å². The second kappa shape index (κ2) is 5.86.